The van der Waals surface area contributed by atoms with E-state index in [0.29, 0.717) is 18.2 Å². The topological polar surface area (TPSA) is 78.4 Å². The molecule has 0 bridgehead atoms. The third kappa shape index (κ3) is 3.93. The zero-order valence-electron chi connectivity index (χ0n) is 14.2. The van der Waals surface area contributed by atoms with Crippen LogP contribution in [0.25, 0.3) is 0 Å². The summed E-state index contributed by atoms with van der Waals surface area (Å²) in [4.78, 5) is 22.6. The molecule has 132 valence electrons. The van der Waals surface area contributed by atoms with Crippen LogP contribution in [0.3, 0.4) is 0 Å². The second-order valence-electron chi connectivity index (χ2n) is 6.65. The van der Waals surface area contributed by atoms with E-state index < -0.39 is 11.4 Å². The second kappa shape index (κ2) is 6.76. The average molecular weight is 344 g/mol. The Kier molecular flexibility index (Phi) is 4.67. The van der Waals surface area contributed by atoms with E-state index in [1.807, 2.05) is 12.1 Å². The van der Waals surface area contributed by atoms with Crippen molar-refractivity contribution in [1.82, 2.24) is 14.9 Å². The Balaban J connectivity index is 1.80. The Bertz CT molecular complexity index is 758. The van der Waals surface area contributed by atoms with Gasteiger partial charge in [0.2, 0.25) is 0 Å². The van der Waals surface area contributed by atoms with Crippen molar-refractivity contribution in [2.75, 3.05) is 11.9 Å². The summed E-state index contributed by atoms with van der Waals surface area (Å²) in [5.74, 6) is 0.357. The number of halogens is 1. The lowest BCUT2D eigenvalue weighted by Gasteiger charge is -2.30. The highest BCUT2D eigenvalue weighted by Gasteiger charge is 2.37. The molecule has 25 heavy (non-hydrogen) atoms. The van der Waals surface area contributed by atoms with Crippen LogP contribution in [0.4, 0.5) is 16.0 Å². The highest BCUT2D eigenvalue weighted by atomic mass is 19.1. The number of nitrogens with one attached hydrogen (secondary N) is 1. The Labute approximate surface area is 145 Å². The standard InChI is InChI=1S/C18H21FN4O2/c1-18(2,25)17(24)23-10-4-6-14(23)13-5-3-7-16(21-13)22-15-9-8-12(19)11-20-15/h3,5,7-9,11,14,25H,4,6,10H2,1-2H3,(H,20,21,22). The normalized spacial score (nSPS) is 17.6. The summed E-state index contributed by atoms with van der Waals surface area (Å²) in [6.45, 7) is 3.60. The zero-order chi connectivity index (χ0) is 18.0. The number of amides is 1. The molecular weight excluding hydrogens is 323 g/mol. The van der Waals surface area contributed by atoms with Gasteiger partial charge in [0.1, 0.15) is 23.1 Å². The molecule has 1 aliphatic heterocycles. The van der Waals surface area contributed by atoms with Gasteiger partial charge in [0, 0.05) is 6.54 Å². The molecule has 2 N–H and O–H groups in total. The number of anilines is 2. The first-order chi connectivity index (χ1) is 11.8. The van der Waals surface area contributed by atoms with Crippen LogP contribution in [-0.4, -0.2) is 38.0 Å². The maximum atomic E-state index is 12.9. The molecule has 1 aliphatic rings. The van der Waals surface area contributed by atoms with E-state index in [9.17, 15) is 14.3 Å². The molecule has 0 aliphatic carbocycles. The predicted octanol–water partition coefficient (Wildman–Crippen LogP) is 2.79. The van der Waals surface area contributed by atoms with Crippen LogP contribution in [0, 0.1) is 5.82 Å². The third-order valence-electron chi connectivity index (χ3n) is 4.13. The van der Waals surface area contributed by atoms with Crippen molar-refractivity contribution in [2.45, 2.75) is 38.3 Å². The minimum absolute atomic E-state index is 0.165. The van der Waals surface area contributed by atoms with Crippen LogP contribution in [0.15, 0.2) is 36.5 Å². The fraction of sp³-hybridized carbons (Fsp3) is 0.389. The average Bonchev–Trinajstić information content (AvgIpc) is 3.05. The summed E-state index contributed by atoms with van der Waals surface area (Å²) in [5.41, 5.74) is -0.654. The Morgan fingerprint density at radius 3 is 2.80 bits per heavy atom. The quantitative estimate of drug-likeness (QED) is 0.892. The highest BCUT2D eigenvalue weighted by molar-refractivity contribution is 5.84. The zero-order valence-corrected chi connectivity index (χ0v) is 14.2. The number of likely N-dealkylation sites (tertiary alicyclic amines) is 1. The number of aromatic nitrogens is 2. The molecule has 2 aromatic rings. The molecular formula is C18H21FN4O2. The van der Waals surface area contributed by atoms with Gasteiger partial charge in [0.25, 0.3) is 5.91 Å². The van der Waals surface area contributed by atoms with Crippen molar-refractivity contribution >= 4 is 17.5 Å². The molecule has 1 amide bonds. The van der Waals surface area contributed by atoms with Gasteiger partial charge in [-0.1, -0.05) is 6.07 Å². The SMILES string of the molecule is CC(C)(O)C(=O)N1CCCC1c1cccc(Nc2ccc(F)cn2)n1. The van der Waals surface area contributed by atoms with Gasteiger partial charge in [-0.3, -0.25) is 4.79 Å². The number of carbonyl (C=O) groups is 1. The maximum Gasteiger partial charge on any atom is 0.254 e. The molecule has 7 heteroatoms. The van der Waals surface area contributed by atoms with Crippen molar-refractivity contribution in [3.05, 3.63) is 48.0 Å². The van der Waals surface area contributed by atoms with E-state index in [0.717, 1.165) is 24.7 Å². The lowest BCUT2D eigenvalue weighted by Crippen LogP contribution is -2.44. The van der Waals surface area contributed by atoms with Crippen molar-refractivity contribution in [3.63, 3.8) is 0 Å². The maximum absolute atomic E-state index is 12.9. The third-order valence-corrected chi connectivity index (χ3v) is 4.13. The van der Waals surface area contributed by atoms with Gasteiger partial charge in [-0.2, -0.15) is 0 Å². The summed E-state index contributed by atoms with van der Waals surface area (Å²) in [7, 11) is 0. The monoisotopic (exact) mass is 344 g/mol. The molecule has 1 atom stereocenters. The van der Waals surface area contributed by atoms with Crippen molar-refractivity contribution in [3.8, 4) is 0 Å². The molecule has 1 fully saturated rings. The van der Waals surface area contributed by atoms with Gasteiger partial charge in [-0.05, 0) is 51.0 Å². The van der Waals surface area contributed by atoms with Crippen LogP contribution >= 0.6 is 0 Å². The summed E-state index contributed by atoms with van der Waals surface area (Å²) < 4.78 is 12.9. The van der Waals surface area contributed by atoms with Crippen LogP contribution in [-0.2, 0) is 4.79 Å². The fourth-order valence-electron chi connectivity index (χ4n) is 2.96. The summed E-state index contributed by atoms with van der Waals surface area (Å²) in [5, 5.41) is 13.0. The molecule has 1 saturated heterocycles. The number of hydrogen-bond acceptors (Lipinski definition) is 5. The fourth-order valence-corrected chi connectivity index (χ4v) is 2.96. The first-order valence-electron chi connectivity index (χ1n) is 8.23. The molecule has 0 radical (unpaired) electrons. The predicted molar refractivity (Wildman–Crippen MR) is 91.7 cm³/mol. The molecule has 3 rings (SSSR count). The van der Waals surface area contributed by atoms with Gasteiger partial charge in [0.15, 0.2) is 0 Å². The number of carbonyl (C=O) groups excluding carboxylic acids is 1. The van der Waals surface area contributed by atoms with Crippen LogP contribution in [0.5, 0.6) is 0 Å². The first-order valence-corrected chi connectivity index (χ1v) is 8.23. The minimum Gasteiger partial charge on any atom is -0.381 e. The van der Waals surface area contributed by atoms with Crippen LogP contribution < -0.4 is 5.32 Å². The van der Waals surface area contributed by atoms with Gasteiger partial charge in [0.05, 0.1) is 17.9 Å². The van der Waals surface area contributed by atoms with Gasteiger partial charge < -0.3 is 15.3 Å². The van der Waals surface area contributed by atoms with E-state index >= 15 is 0 Å². The van der Waals surface area contributed by atoms with Crippen molar-refractivity contribution in [1.29, 1.82) is 0 Å². The summed E-state index contributed by atoms with van der Waals surface area (Å²) in [6.07, 6.45) is 2.80. The van der Waals surface area contributed by atoms with Crippen molar-refractivity contribution in [2.24, 2.45) is 0 Å². The van der Waals surface area contributed by atoms with E-state index in [1.54, 1.807) is 11.0 Å². The molecule has 0 spiro atoms. The second-order valence-corrected chi connectivity index (χ2v) is 6.65. The van der Waals surface area contributed by atoms with Gasteiger partial charge >= 0.3 is 0 Å². The molecule has 3 heterocycles. The van der Waals surface area contributed by atoms with E-state index in [4.69, 9.17) is 0 Å². The number of hydrogen-bond donors (Lipinski definition) is 2. The van der Waals surface area contributed by atoms with E-state index in [2.05, 4.69) is 15.3 Å². The Hall–Kier alpha value is -2.54. The number of aliphatic hydroxyl groups is 1. The summed E-state index contributed by atoms with van der Waals surface area (Å²) >= 11 is 0. The highest BCUT2D eigenvalue weighted by Crippen LogP contribution is 2.33. The van der Waals surface area contributed by atoms with Crippen molar-refractivity contribution < 1.29 is 14.3 Å². The van der Waals surface area contributed by atoms with E-state index in [-0.39, 0.29) is 11.9 Å². The number of nitrogens with zero attached hydrogens (tertiary/aromatic N) is 3. The Morgan fingerprint density at radius 1 is 1.32 bits per heavy atom. The van der Waals surface area contributed by atoms with Gasteiger partial charge in [-0.15, -0.1) is 0 Å². The first kappa shape index (κ1) is 17.3. The van der Waals surface area contributed by atoms with E-state index in [1.165, 1.54) is 26.0 Å². The largest absolute Gasteiger partial charge is 0.381 e. The molecule has 2 aromatic heterocycles. The Morgan fingerprint density at radius 2 is 2.12 bits per heavy atom. The molecule has 0 aromatic carbocycles. The molecule has 6 nitrogen and oxygen atoms in total. The smallest absolute Gasteiger partial charge is 0.254 e. The number of rotatable bonds is 4. The van der Waals surface area contributed by atoms with Crippen LogP contribution in [0.2, 0.25) is 0 Å². The molecule has 0 saturated carbocycles. The number of pyridine rings is 2. The van der Waals surface area contributed by atoms with Gasteiger partial charge in [-0.25, -0.2) is 14.4 Å². The molecule has 1 unspecified atom stereocenters. The van der Waals surface area contributed by atoms with Crippen LogP contribution in [0.1, 0.15) is 38.4 Å². The summed E-state index contributed by atoms with van der Waals surface area (Å²) in [6, 6.07) is 8.18. The lowest BCUT2D eigenvalue weighted by atomic mass is 10.1. The lowest BCUT2D eigenvalue weighted by molar-refractivity contribution is -0.148. The minimum atomic E-state index is -1.41.